The Balaban J connectivity index is 2.27. The lowest BCUT2D eigenvalue weighted by atomic mass is 10.3. The second-order valence-electron chi connectivity index (χ2n) is 4.81. The van der Waals surface area contributed by atoms with Crippen LogP contribution in [0.25, 0.3) is 0 Å². The summed E-state index contributed by atoms with van der Waals surface area (Å²) < 4.78 is 55.2. The predicted molar refractivity (Wildman–Crippen MR) is 88.0 cm³/mol. The van der Waals surface area contributed by atoms with E-state index in [1.165, 1.54) is 24.3 Å². The van der Waals surface area contributed by atoms with Gasteiger partial charge in [0.25, 0.3) is 10.0 Å². The Morgan fingerprint density at radius 3 is 2.13 bits per heavy atom. The van der Waals surface area contributed by atoms with Crippen molar-refractivity contribution < 1.29 is 21.6 Å². The molecular formula is C15H17NO5S2. The maximum atomic E-state index is 12.3. The molecule has 0 saturated heterocycles. The molecule has 1 N–H and O–H groups in total. The first-order chi connectivity index (χ1) is 10.7. The number of hydrogen-bond acceptors (Lipinski definition) is 5. The molecule has 2 aromatic carbocycles. The van der Waals surface area contributed by atoms with Crippen molar-refractivity contribution in [1.82, 2.24) is 0 Å². The average molecular weight is 355 g/mol. The fourth-order valence-corrected chi connectivity index (χ4v) is 3.58. The van der Waals surface area contributed by atoms with Crippen LogP contribution in [0.5, 0.6) is 5.75 Å². The minimum atomic E-state index is -3.81. The number of hydrogen-bond donors (Lipinski definition) is 1. The van der Waals surface area contributed by atoms with Gasteiger partial charge in [0.15, 0.2) is 9.84 Å². The molecule has 0 saturated carbocycles. The van der Waals surface area contributed by atoms with E-state index in [1.807, 2.05) is 6.92 Å². The summed E-state index contributed by atoms with van der Waals surface area (Å²) in [6.45, 7) is 2.31. The molecule has 0 amide bonds. The topological polar surface area (TPSA) is 89.5 Å². The Hall–Kier alpha value is -2.06. The fraction of sp³-hybridized carbons (Fsp3) is 0.200. The van der Waals surface area contributed by atoms with E-state index in [2.05, 4.69) is 4.72 Å². The first-order valence-corrected chi connectivity index (χ1v) is 10.2. The SMILES string of the molecule is CCOc1cccc(NS(=O)(=O)c2ccc(S(C)(=O)=O)cc2)c1. The zero-order chi connectivity index (χ0) is 17.1. The summed E-state index contributed by atoms with van der Waals surface area (Å²) in [5.74, 6) is 0.556. The predicted octanol–water partition coefficient (Wildman–Crippen LogP) is 2.29. The van der Waals surface area contributed by atoms with Gasteiger partial charge in [-0.05, 0) is 43.3 Å². The molecule has 0 atom stereocenters. The zero-order valence-electron chi connectivity index (χ0n) is 12.7. The second kappa shape index (κ2) is 6.59. The molecule has 0 aliphatic heterocycles. The molecule has 6 nitrogen and oxygen atoms in total. The third-order valence-corrected chi connectivity index (χ3v) is 5.49. The van der Waals surface area contributed by atoms with Crippen molar-refractivity contribution in [3.8, 4) is 5.75 Å². The van der Waals surface area contributed by atoms with Crippen LogP contribution in [0.4, 0.5) is 5.69 Å². The molecule has 0 fully saturated rings. The smallest absolute Gasteiger partial charge is 0.261 e. The van der Waals surface area contributed by atoms with Crippen molar-refractivity contribution in [2.24, 2.45) is 0 Å². The Kier molecular flexibility index (Phi) is 4.96. The summed E-state index contributed by atoms with van der Waals surface area (Å²) in [5.41, 5.74) is 0.364. The van der Waals surface area contributed by atoms with E-state index in [0.29, 0.717) is 18.0 Å². The molecule has 2 rings (SSSR count). The minimum absolute atomic E-state index is 0.0216. The minimum Gasteiger partial charge on any atom is -0.494 e. The van der Waals surface area contributed by atoms with E-state index in [0.717, 1.165) is 6.26 Å². The van der Waals surface area contributed by atoms with Crippen LogP contribution < -0.4 is 9.46 Å². The largest absolute Gasteiger partial charge is 0.494 e. The monoisotopic (exact) mass is 355 g/mol. The molecule has 0 heterocycles. The van der Waals surface area contributed by atoms with Gasteiger partial charge in [0.05, 0.1) is 22.1 Å². The van der Waals surface area contributed by atoms with Crippen LogP contribution in [0.15, 0.2) is 58.3 Å². The van der Waals surface area contributed by atoms with Gasteiger partial charge in [-0.15, -0.1) is 0 Å². The highest BCUT2D eigenvalue weighted by molar-refractivity contribution is 7.92. The summed E-state index contributed by atoms with van der Waals surface area (Å²) in [7, 11) is -7.18. The molecule has 8 heteroatoms. The summed E-state index contributed by atoms with van der Waals surface area (Å²) >= 11 is 0. The maximum Gasteiger partial charge on any atom is 0.261 e. The van der Waals surface area contributed by atoms with Gasteiger partial charge in [0, 0.05) is 12.3 Å². The van der Waals surface area contributed by atoms with Gasteiger partial charge in [0.2, 0.25) is 0 Å². The highest BCUT2D eigenvalue weighted by atomic mass is 32.2. The standard InChI is InChI=1S/C15H17NO5S2/c1-3-21-13-6-4-5-12(11-13)16-23(19,20)15-9-7-14(8-10-15)22(2,17)18/h4-11,16H,3H2,1-2H3. The van der Waals surface area contributed by atoms with Crippen molar-refractivity contribution in [3.05, 3.63) is 48.5 Å². The quantitative estimate of drug-likeness (QED) is 0.859. The Morgan fingerprint density at radius 1 is 0.957 bits per heavy atom. The summed E-state index contributed by atoms with van der Waals surface area (Å²) in [6, 6.07) is 11.6. The first kappa shape index (κ1) is 17.3. The van der Waals surface area contributed by atoms with Crippen molar-refractivity contribution in [2.45, 2.75) is 16.7 Å². The summed E-state index contributed by atoms with van der Waals surface area (Å²) in [5, 5.41) is 0. The van der Waals surface area contributed by atoms with Crippen LogP contribution >= 0.6 is 0 Å². The number of anilines is 1. The van der Waals surface area contributed by atoms with Crippen LogP contribution in [0.1, 0.15) is 6.92 Å². The summed E-state index contributed by atoms with van der Waals surface area (Å²) in [6.07, 6.45) is 1.06. The van der Waals surface area contributed by atoms with E-state index in [4.69, 9.17) is 4.74 Å². The van der Waals surface area contributed by atoms with Gasteiger partial charge in [-0.25, -0.2) is 16.8 Å². The molecule has 0 radical (unpaired) electrons. The highest BCUT2D eigenvalue weighted by Crippen LogP contribution is 2.21. The molecule has 0 spiro atoms. The number of rotatable bonds is 6. The van der Waals surface area contributed by atoms with Crippen molar-refractivity contribution in [2.75, 3.05) is 17.6 Å². The first-order valence-electron chi connectivity index (χ1n) is 6.78. The zero-order valence-corrected chi connectivity index (χ0v) is 14.3. The van der Waals surface area contributed by atoms with Gasteiger partial charge in [0.1, 0.15) is 5.75 Å². The number of sulfonamides is 1. The molecule has 0 aromatic heterocycles. The molecule has 0 aliphatic rings. The summed E-state index contributed by atoms with van der Waals surface area (Å²) in [4.78, 5) is 0.0431. The highest BCUT2D eigenvalue weighted by Gasteiger charge is 2.16. The molecule has 0 bridgehead atoms. The third-order valence-electron chi connectivity index (χ3n) is 2.96. The van der Waals surface area contributed by atoms with Crippen molar-refractivity contribution in [1.29, 1.82) is 0 Å². The molecule has 0 aliphatic carbocycles. The van der Waals surface area contributed by atoms with E-state index < -0.39 is 19.9 Å². The lowest BCUT2D eigenvalue weighted by Crippen LogP contribution is -2.13. The van der Waals surface area contributed by atoms with E-state index in [-0.39, 0.29) is 9.79 Å². The van der Waals surface area contributed by atoms with Crippen LogP contribution in [0, 0.1) is 0 Å². The average Bonchev–Trinajstić information content (AvgIpc) is 2.47. The Morgan fingerprint density at radius 2 is 1.57 bits per heavy atom. The van der Waals surface area contributed by atoms with Crippen LogP contribution in [-0.2, 0) is 19.9 Å². The van der Waals surface area contributed by atoms with Crippen molar-refractivity contribution >= 4 is 25.5 Å². The van der Waals surface area contributed by atoms with Crippen LogP contribution in [0.2, 0.25) is 0 Å². The van der Waals surface area contributed by atoms with Gasteiger partial charge in [-0.2, -0.15) is 0 Å². The van der Waals surface area contributed by atoms with Gasteiger partial charge in [-0.3, -0.25) is 4.72 Å². The molecule has 2 aromatic rings. The van der Waals surface area contributed by atoms with Crippen LogP contribution in [-0.4, -0.2) is 29.7 Å². The van der Waals surface area contributed by atoms with Gasteiger partial charge >= 0.3 is 0 Å². The number of nitrogens with one attached hydrogen (secondary N) is 1. The van der Waals surface area contributed by atoms with E-state index >= 15 is 0 Å². The lowest BCUT2D eigenvalue weighted by Gasteiger charge is -2.10. The molecular weight excluding hydrogens is 338 g/mol. The molecule has 124 valence electrons. The maximum absolute atomic E-state index is 12.3. The lowest BCUT2D eigenvalue weighted by molar-refractivity contribution is 0.340. The Labute approximate surface area is 136 Å². The number of sulfone groups is 1. The molecule has 23 heavy (non-hydrogen) atoms. The molecule has 0 unspecified atom stereocenters. The fourth-order valence-electron chi connectivity index (χ4n) is 1.90. The third kappa shape index (κ3) is 4.46. The number of benzene rings is 2. The number of ether oxygens (including phenoxy) is 1. The Bertz CT molecular complexity index is 888. The second-order valence-corrected chi connectivity index (χ2v) is 8.51. The van der Waals surface area contributed by atoms with Gasteiger partial charge < -0.3 is 4.74 Å². The van der Waals surface area contributed by atoms with Crippen LogP contribution in [0.3, 0.4) is 0 Å². The normalized spacial score (nSPS) is 11.9. The van der Waals surface area contributed by atoms with Gasteiger partial charge in [-0.1, -0.05) is 6.07 Å². The van der Waals surface area contributed by atoms with Crippen molar-refractivity contribution in [3.63, 3.8) is 0 Å². The van der Waals surface area contributed by atoms with E-state index in [9.17, 15) is 16.8 Å². The van der Waals surface area contributed by atoms with E-state index in [1.54, 1.807) is 24.3 Å².